The summed E-state index contributed by atoms with van der Waals surface area (Å²) in [6, 6.07) is 2.30. The van der Waals surface area contributed by atoms with Gasteiger partial charge in [0.1, 0.15) is 6.04 Å². The molecule has 0 bridgehead atoms. The van der Waals surface area contributed by atoms with Crippen molar-refractivity contribution in [2.24, 2.45) is 11.8 Å². The molecule has 1 heterocycles. The maximum absolute atomic E-state index is 8.91. The minimum absolute atomic E-state index is 0.00231. The van der Waals surface area contributed by atoms with Crippen LogP contribution in [-0.2, 0) is 0 Å². The number of nitriles is 1. The quantitative estimate of drug-likeness (QED) is 0.729. The second-order valence-electron chi connectivity index (χ2n) is 4.41. The third-order valence-corrected chi connectivity index (χ3v) is 3.11. The van der Waals surface area contributed by atoms with Gasteiger partial charge in [-0.1, -0.05) is 20.8 Å². The van der Waals surface area contributed by atoms with Gasteiger partial charge in [0.05, 0.1) is 6.07 Å². The monoisotopic (exact) mass is 195 g/mol. The number of likely N-dealkylation sites (N-methyl/N-ethyl adjacent to an activating group) is 1. The van der Waals surface area contributed by atoms with Gasteiger partial charge in [0.15, 0.2) is 0 Å². The van der Waals surface area contributed by atoms with Gasteiger partial charge < -0.3 is 10.2 Å². The third-order valence-electron chi connectivity index (χ3n) is 3.11. The van der Waals surface area contributed by atoms with Crippen LogP contribution in [0.25, 0.3) is 0 Å². The Bertz CT molecular complexity index is 199. The number of nitrogens with one attached hydrogen (secondary N) is 1. The van der Waals surface area contributed by atoms with Crippen molar-refractivity contribution in [3.8, 4) is 6.07 Å². The van der Waals surface area contributed by atoms with Crippen LogP contribution in [0.4, 0.5) is 0 Å². The van der Waals surface area contributed by atoms with E-state index < -0.39 is 0 Å². The summed E-state index contributed by atoms with van der Waals surface area (Å²) in [5.41, 5.74) is 0. The molecule has 0 spiro atoms. The van der Waals surface area contributed by atoms with Crippen molar-refractivity contribution in [3.05, 3.63) is 0 Å². The summed E-state index contributed by atoms with van der Waals surface area (Å²) < 4.78 is 0. The predicted molar refractivity (Wildman–Crippen MR) is 57.8 cm³/mol. The number of likely N-dealkylation sites (tertiary alicyclic amines) is 1. The molecule has 0 aromatic heterocycles. The molecule has 1 saturated heterocycles. The lowest BCUT2D eigenvalue weighted by molar-refractivity contribution is 0.302. The molecule has 1 rings (SSSR count). The Hall–Kier alpha value is -0.590. The fourth-order valence-corrected chi connectivity index (χ4v) is 2.05. The first-order valence-electron chi connectivity index (χ1n) is 5.52. The highest BCUT2D eigenvalue weighted by Crippen LogP contribution is 2.21. The van der Waals surface area contributed by atoms with E-state index in [1.165, 1.54) is 0 Å². The Balaban J connectivity index is 2.34. The van der Waals surface area contributed by atoms with E-state index in [0.29, 0.717) is 0 Å². The lowest BCUT2D eigenvalue weighted by Gasteiger charge is -2.19. The molecule has 1 aliphatic rings. The normalized spacial score (nSPS) is 30.1. The third kappa shape index (κ3) is 2.97. The zero-order valence-electron chi connectivity index (χ0n) is 9.45. The smallest absolute Gasteiger partial charge is 0.108 e. The van der Waals surface area contributed by atoms with Crippen LogP contribution in [0.2, 0.25) is 0 Å². The Morgan fingerprint density at radius 3 is 2.43 bits per heavy atom. The summed E-state index contributed by atoms with van der Waals surface area (Å²) in [6.45, 7) is 10.7. The summed E-state index contributed by atoms with van der Waals surface area (Å²) in [6.07, 6.45) is 0. The Morgan fingerprint density at radius 1 is 1.43 bits per heavy atom. The summed E-state index contributed by atoms with van der Waals surface area (Å²) in [4.78, 5) is 2.39. The lowest BCUT2D eigenvalue weighted by Crippen LogP contribution is -2.39. The zero-order chi connectivity index (χ0) is 10.6. The SMILES string of the molecule is CCNC(C#N)CN1CC(C)C(C)C1. The molecule has 3 atom stereocenters. The Morgan fingerprint density at radius 2 is 2.00 bits per heavy atom. The highest BCUT2D eigenvalue weighted by atomic mass is 15.2. The van der Waals surface area contributed by atoms with Gasteiger partial charge in [-0.15, -0.1) is 0 Å². The van der Waals surface area contributed by atoms with Crippen molar-refractivity contribution in [2.45, 2.75) is 26.8 Å². The van der Waals surface area contributed by atoms with E-state index in [4.69, 9.17) is 5.26 Å². The fourth-order valence-electron chi connectivity index (χ4n) is 2.05. The minimum atomic E-state index is -0.00231. The first-order valence-corrected chi connectivity index (χ1v) is 5.52. The highest BCUT2D eigenvalue weighted by molar-refractivity contribution is 4.93. The van der Waals surface area contributed by atoms with Crippen molar-refractivity contribution in [1.29, 1.82) is 5.26 Å². The molecule has 1 fully saturated rings. The van der Waals surface area contributed by atoms with Gasteiger partial charge in [-0.2, -0.15) is 5.26 Å². The van der Waals surface area contributed by atoms with E-state index >= 15 is 0 Å². The first kappa shape index (κ1) is 11.5. The highest BCUT2D eigenvalue weighted by Gasteiger charge is 2.27. The molecule has 3 heteroatoms. The Labute approximate surface area is 87.1 Å². The van der Waals surface area contributed by atoms with Gasteiger partial charge in [-0.05, 0) is 18.4 Å². The zero-order valence-corrected chi connectivity index (χ0v) is 9.45. The van der Waals surface area contributed by atoms with Crippen molar-refractivity contribution in [1.82, 2.24) is 10.2 Å². The molecule has 3 nitrogen and oxygen atoms in total. The molecule has 0 aromatic rings. The topological polar surface area (TPSA) is 39.1 Å². The van der Waals surface area contributed by atoms with Crippen molar-refractivity contribution in [3.63, 3.8) is 0 Å². The van der Waals surface area contributed by atoms with Gasteiger partial charge in [0.2, 0.25) is 0 Å². The molecule has 0 aromatic carbocycles. The van der Waals surface area contributed by atoms with Crippen LogP contribution in [0.15, 0.2) is 0 Å². The maximum atomic E-state index is 8.91. The van der Waals surface area contributed by atoms with Gasteiger partial charge in [-0.3, -0.25) is 0 Å². The average molecular weight is 195 g/mol. The van der Waals surface area contributed by atoms with Crippen LogP contribution < -0.4 is 5.32 Å². The van der Waals surface area contributed by atoms with Crippen molar-refractivity contribution < 1.29 is 0 Å². The van der Waals surface area contributed by atoms with E-state index in [-0.39, 0.29) is 6.04 Å². The molecular weight excluding hydrogens is 174 g/mol. The van der Waals surface area contributed by atoms with E-state index in [0.717, 1.165) is 38.0 Å². The molecule has 1 N–H and O–H groups in total. The molecular formula is C11H21N3. The molecule has 0 saturated carbocycles. The van der Waals surface area contributed by atoms with Gasteiger partial charge in [0.25, 0.3) is 0 Å². The van der Waals surface area contributed by atoms with E-state index in [1.54, 1.807) is 0 Å². The van der Waals surface area contributed by atoms with E-state index in [9.17, 15) is 0 Å². The fraction of sp³-hybridized carbons (Fsp3) is 0.909. The van der Waals surface area contributed by atoms with Crippen LogP contribution in [0.1, 0.15) is 20.8 Å². The molecule has 0 aliphatic carbocycles. The molecule has 80 valence electrons. The molecule has 1 aliphatic heterocycles. The van der Waals surface area contributed by atoms with Crippen LogP contribution >= 0.6 is 0 Å². The lowest BCUT2D eigenvalue weighted by atomic mass is 10.0. The largest absolute Gasteiger partial charge is 0.301 e. The first-order chi connectivity index (χ1) is 6.67. The van der Waals surface area contributed by atoms with Crippen LogP contribution in [0.5, 0.6) is 0 Å². The second kappa shape index (κ2) is 5.33. The van der Waals surface area contributed by atoms with Gasteiger partial charge in [-0.25, -0.2) is 0 Å². The number of hydrogen-bond donors (Lipinski definition) is 1. The maximum Gasteiger partial charge on any atom is 0.108 e. The van der Waals surface area contributed by atoms with Crippen LogP contribution in [0, 0.1) is 23.2 Å². The molecule has 3 unspecified atom stereocenters. The van der Waals surface area contributed by atoms with Gasteiger partial charge >= 0.3 is 0 Å². The standard InChI is InChI=1S/C11H21N3/c1-4-13-11(5-12)8-14-6-9(2)10(3)7-14/h9-11,13H,4,6-8H2,1-3H3. The number of rotatable bonds is 4. The van der Waals surface area contributed by atoms with Crippen LogP contribution in [0.3, 0.4) is 0 Å². The van der Waals surface area contributed by atoms with Gasteiger partial charge in [0, 0.05) is 19.6 Å². The minimum Gasteiger partial charge on any atom is -0.301 e. The van der Waals surface area contributed by atoms with E-state index in [1.807, 2.05) is 6.92 Å². The average Bonchev–Trinajstić information content (AvgIpc) is 2.45. The van der Waals surface area contributed by atoms with Crippen molar-refractivity contribution >= 4 is 0 Å². The molecule has 0 radical (unpaired) electrons. The summed E-state index contributed by atoms with van der Waals surface area (Å²) >= 11 is 0. The number of nitrogens with zero attached hydrogens (tertiary/aromatic N) is 2. The predicted octanol–water partition coefficient (Wildman–Crippen LogP) is 1.08. The summed E-state index contributed by atoms with van der Waals surface area (Å²) in [5, 5.41) is 12.1. The Kier molecular flexibility index (Phi) is 4.37. The second-order valence-corrected chi connectivity index (χ2v) is 4.41. The molecule has 0 amide bonds. The van der Waals surface area contributed by atoms with Crippen molar-refractivity contribution in [2.75, 3.05) is 26.2 Å². The summed E-state index contributed by atoms with van der Waals surface area (Å²) in [5.74, 6) is 1.55. The van der Waals surface area contributed by atoms with E-state index in [2.05, 4.69) is 30.1 Å². The summed E-state index contributed by atoms with van der Waals surface area (Å²) in [7, 11) is 0. The number of hydrogen-bond acceptors (Lipinski definition) is 3. The molecule has 14 heavy (non-hydrogen) atoms. The van der Waals surface area contributed by atoms with Crippen LogP contribution in [-0.4, -0.2) is 37.1 Å².